The lowest BCUT2D eigenvalue weighted by Gasteiger charge is -2.11. The van der Waals surface area contributed by atoms with E-state index in [1.165, 1.54) is 6.42 Å². The molecular weight excluding hydrogens is 424 g/mol. The molecule has 2 aromatic rings. The number of non-ortho nitro benzene ring substituents is 2. The number of nitro benzene ring substituents is 2. The second-order valence-electron chi connectivity index (χ2n) is 6.59. The van der Waals surface area contributed by atoms with Crippen LogP contribution in [0.25, 0.3) is 0 Å². The topological polar surface area (TPSA) is 137 Å². The third-order valence-corrected chi connectivity index (χ3v) is 4.40. The molecule has 0 fully saturated rings. The number of amides is 1. The molecule has 0 radical (unpaired) electrons. The van der Waals surface area contributed by atoms with E-state index in [1.807, 2.05) is 0 Å². The first-order valence-corrected chi connectivity index (χ1v) is 10.00. The lowest BCUT2D eigenvalue weighted by Crippen LogP contribution is -2.34. The summed E-state index contributed by atoms with van der Waals surface area (Å²) in [7, 11) is 0. The summed E-state index contributed by atoms with van der Waals surface area (Å²) < 4.78 is 5.66. The summed E-state index contributed by atoms with van der Waals surface area (Å²) in [6, 6.07) is 9.62. The first-order chi connectivity index (χ1) is 14.8. The van der Waals surface area contributed by atoms with E-state index < -0.39 is 27.1 Å². The van der Waals surface area contributed by atoms with Crippen LogP contribution in [0, 0.1) is 20.2 Å². The number of hydrogen-bond acceptors (Lipinski definition) is 7. The number of nitrogens with one attached hydrogen (secondary N) is 2. The SMILES string of the molecule is CCCCCCOc1ccc(NC(=S)NC(=O)c2cc([N+](=O)[O-])cc([N+](=O)[O-])c2)cc1. The molecule has 2 N–H and O–H groups in total. The fourth-order valence-electron chi connectivity index (χ4n) is 2.63. The highest BCUT2D eigenvalue weighted by atomic mass is 32.1. The van der Waals surface area contributed by atoms with Crippen LogP contribution in [0.4, 0.5) is 17.1 Å². The second kappa shape index (κ2) is 11.6. The number of nitro groups is 2. The van der Waals surface area contributed by atoms with E-state index in [1.54, 1.807) is 24.3 Å². The van der Waals surface area contributed by atoms with Crippen molar-refractivity contribution in [1.82, 2.24) is 5.32 Å². The van der Waals surface area contributed by atoms with E-state index >= 15 is 0 Å². The maximum absolute atomic E-state index is 12.3. The van der Waals surface area contributed by atoms with Crippen molar-refractivity contribution in [3.8, 4) is 5.75 Å². The van der Waals surface area contributed by atoms with Gasteiger partial charge in [-0.25, -0.2) is 0 Å². The number of nitrogens with zero attached hydrogens (tertiary/aromatic N) is 2. The standard InChI is InChI=1S/C20H22N4O6S/c1-2-3-4-5-10-30-18-8-6-15(7-9-18)21-20(31)22-19(25)14-11-16(23(26)27)13-17(12-14)24(28)29/h6-9,11-13H,2-5,10H2,1H3,(H2,21,22,25,31). The van der Waals surface area contributed by atoms with Crippen molar-refractivity contribution in [3.05, 3.63) is 68.3 Å². The zero-order valence-corrected chi connectivity index (χ0v) is 17.6. The summed E-state index contributed by atoms with van der Waals surface area (Å²) in [5.41, 5.74) is -0.794. The summed E-state index contributed by atoms with van der Waals surface area (Å²) in [6.45, 7) is 2.78. The number of benzene rings is 2. The zero-order chi connectivity index (χ0) is 22.8. The normalized spacial score (nSPS) is 10.2. The average molecular weight is 446 g/mol. The predicted molar refractivity (Wildman–Crippen MR) is 120 cm³/mol. The molecule has 0 unspecified atom stereocenters. The Labute approximate surface area is 183 Å². The Morgan fingerprint density at radius 3 is 2.16 bits per heavy atom. The van der Waals surface area contributed by atoms with Crippen LogP contribution >= 0.6 is 12.2 Å². The van der Waals surface area contributed by atoms with Gasteiger partial charge >= 0.3 is 0 Å². The van der Waals surface area contributed by atoms with Crippen molar-refractivity contribution < 1.29 is 19.4 Å². The molecule has 0 aromatic heterocycles. The molecule has 164 valence electrons. The minimum absolute atomic E-state index is 0.0626. The Morgan fingerprint density at radius 2 is 1.61 bits per heavy atom. The molecule has 1 amide bonds. The molecule has 0 aliphatic heterocycles. The zero-order valence-electron chi connectivity index (χ0n) is 16.8. The molecule has 10 nitrogen and oxygen atoms in total. The summed E-state index contributed by atoms with van der Waals surface area (Å²) in [5.74, 6) is -0.0998. The predicted octanol–water partition coefficient (Wildman–Crippen LogP) is 4.59. The Hall–Kier alpha value is -3.60. The highest BCUT2D eigenvalue weighted by Crippen LogP contribution is 2.23. The number of thiocarbonyl (C=S) groups is 1. The number of carbonyl (C=O) groups is 1. The summed E-state index contributed by atoms with van der Waals surface area (Å²) in [6.07, 6.45) is 4.45. The average Bonchev–Trinajstić information content (AvgIpc) is 2.74. The Bertz CT molecular complexity index is 932. The molecular formula is C20H22N4O6S. The van der Waals surface area contributed by atoms with Gasteiger partial charge in [0.25, 0.3) is 17.3 Å². The lowest BCUT2D eigenvalue weighted by molar-refractivity contribution is -0.394. The van der Waals surface area contributed by atoms with E-state index in [-0.39, 0.29) is 10.7 Å². The van der Waals surface area contributed by atoms with Crippen LogP contribution in [-0.4, -0.2) is 27.5 Å². The third-order valence-electron chi connectivity index (χ3n) is 4.19. The minimum atomic E-state index is -0.812. The third kappa shape index (κ3) is 7.63. The molecule has 0 saturated carbocycles. The van der Waals surface area contributed by atoms with E-state index in [0.29, 0.717) is 18.0 Å². The van der Waals surface area contributed by atoms with Gasteiger partial charge in [-0.1, -0.05) is 26.2 Å². The number of anilines is 1. The molecule has 2 rings (SSSR count). The molecule has 0 spiro atoms. The molecule has 2 aromatic carbocycles. The van der Waals surface area contributed by atoms with E-state index in [4.69, 9.17) is 17.0 Å². The van der Waals surface area contributed by atoms with Crippen molar-refractivity contribution in [2.24, 2.45) is 0 Å². The molecule has 0 saturated heterocycles. The Morgan fingerprint density at radius 1 is 1.00 bits per heavy atom. The van der Waals surface area contributed by atoms with Gasteiger partial charge in [-0.15, -0.1) is 0 Å². The van der Waals surface area contributed by atoms with Crippen LogP contribution in [-0.2, 0) is 0 Å². The molecule has 11 heteroatoms. The van der Waals surface area contributed by atoms with Crippen molar-refractivity contribution in [1.29, 1.82) is 0 Å². The van der Waals surface area contributed by atoms with Gasteiger partial charge in [-0.2, -0.15) is 0 Å². The van der Waals surface area contributed by atoms with E-state index in [2.05, 4.69) is 17.6 Å². The Balaban J connectivity index is 1.94. The summed E-state index contributed by atoms with van der Waals surface area (Å²) in [5, 5.41) is 27.0. The molecule has 31 heavy (non-hydrogen) atoms. The highest BCUT2D eigenvalue weighted by Gasteiger charge is 2.20. The maximum Gasteiger partial charge on any atom is 0.277 e. The van der Waals surface area contributed by atoms with Gasteiger partial charge in [0.2, 0.25) is 0 Å². The van der Waals surface area contributed by atoms with Gasteiger partial charge in [0.05, 0.1) is 28.1 Å². The van der Waals surface area contributed by atoms with Crippen LogP contribution in [0.5, 0.6) is 5.75 Å². The highest BCUT2D eigenvalue weighted by molar-refractivity contribution is 7.80. The van der Waals surface area contributed by atoms with Crippen molar-refractivity contribution in [3.63, 3.8) is 0 Å². The van der Waals surface area contributed by atoms with E-state index in [9.17, 15) is 25.0 Å². The van der Waals surface area contributed by atoms with Crippen LogP contribution in [0.15, 0.2) is 42.5 Å². The Kier molecular flexibility index (Phi) is 8.82. The monoisotopic (exact) mass is 446 g/mol. The number of rotatable bonds is 10. The van der Waals surface area contributed by atoms with Crippen molar-refractivity contribution >= 4 is 40.3 Å². The molecule has 0 aliphatic carbocycles. The van der Waals surface area contributed by atoms with Crippen LogP contribution in [0.3, 0.4) is 0 Å². The number of unbranched alkanes of at least 4 members (excludes halogenated alkanes) is 3. The van der Waals surface area contributed by atoms with Gasteiger partial charge in [0.1, 0.15) is 5.75 Å². The molecule has 0 heterocycles. The summed E-state index contributed by atoms with van der Waals surface area (Å²) in [4.78, 5) is 32.6. The maximum atomic E-state index is 12.3. The number of hydrogen-bond donors (Lipinski definition) is 2. The first kappa shape index (κ1) is 23.7. The van der Waals surface area contributed by atoms with Crippen molar-refractivity contribution in [2.45, 2.75) is 32.6 Å². The number of carbonyl (C=O) groups excluding carboxylic acids is 1. The van der Waals surface area contributed by atoms with Crippen LogP contribution < -0.4 is 15.4 Å². The minimum Gasteiger partial charge on any atom is -0.494 e. The number of ether oxygens (including phenoxy) is 1. The second-order valence-corrected chi connectivity index (χ2v) is 7.00. The van der Waals surface area contributed by atoms with Gasteiger partial charge in [-0.05, 0) is 42.9 Å². The van der Waals surface area contributed by atoms with Gasteiger partial charge in [0.15, 0.2) is 5.11 Å². The fraction of sp³-hybridized carbons (Fsp3) is 0.300. The lowest BCUT2D eigenvalue weighted by atomic mass is 10.1. The van der Waals surface area contributed by atoms with Crippen LogP contribution in [0.1, 0.15) is 43.0 Å². The molecule has 0 aliphatic rings. The fourth-order valence-corrected chi connectivity index (χ4v) is 2.84. The summed E-state index contributed by atoms with van der Waals surface area (Å²) >= 11 is 5.08. The van der Waals surface area contributed by atoms with Gasteiger partial charge in [-0.3, -0.25) is 30.3 Å². The van der Waals surface area contributed by atoms with Gasteiger partial charge in [0, 0.05) is 17.8 Å². The van der Waals surface area contributed by atoms with Gasteiger partial charge < -0.3 is 10.1 Å². The van der Waals surface area contributed by atoms with Crippen molar-refractivity contribution in [2.75, 3.05) is 11.9 Å². The smallest absolute Gasteiger partial charge is 0.277 e. The quantitative estimate of drug-likeness (QED) is 0.234. The van der Waals surface area contributed by atoms with Crippen LogP contribution in [0.2, 0.25) is 0 Å². The molecule has 0 atom stereocenters. The first-order valence-electron chi connectivity index (χ1n) is 9.59. The largest absolute Gasteiger partial charge is 0.494 e. The van der Waals surface area contributed by atoms with E-state index in [0.717, 1.165) is 37.5 Å². The molecule has 0 bridgehead atoms.